The predicted molar refractivity (Wildman–Crippen MR) is 231 cm³/mol. The number of piperidine rings is 1. The van der Waals surface area contributed by atoms with Crippen molar-refractivity contribution in [1.29, 1.82) is 0 Å². The van der Waals surface area contributed by atoms with Gasteiger partial charge in [-0.2, -0.15) is 0 Å². The maximum Gasteiger partial charge on any atom is 0.353 e. The normalized spacial score (nSPS) is 23.6. The summed E-state index contributed by atoms with van der Waals surface area (Å²) in [4.78, 5) is 72.0. The number of carbonyl (C=O) groups is 5. The second-order valence-electron chi connectivity index (χ2n) is 19.3. The number of aliphatic carboxylic acids is 1. The molecule has 334 valence electrons. The van der Waals surface area contributed by atoms with Crippen LogP contribution in [-0.2, 0) is 35.1 Å². The molecule has 3 fully saturated rings. The molecule has 4 aliphatic heterocycles. The van der Waals surface area contributed by atoms with Crippen LogP contribution in [0, 0.1) is 16.7 Å². The Morgan fingerprint density at radius 3 is 2.30 bits per heavy atom. The summed E-state index contributed by atoms with van der Waals surface area (Å²) >= 11 is 1.57. The van der Waals surface area contributed by atoms with E-state index in [1.165, 1.54) is 9.80 Å². The maximum atomic E-state index is 14.1. The van der Waals surface area contributed by atoms with Crippen LogP contribution in [0.5, 0.6) is 11.5 Å². The molecule has 0 radical (unpaired) electrons. The van der Waals surface area contributed by atoms with Gasteiger partial charge in [0.2, 0.25) is 11.7 Å². The molecule has 1 aromatic rings. The molecular formula is C46H69N3O10S. The summed E-state index contributed by atoms with van der Waals surface area (Å²) < 4.78 is 17.4. The molecule has 5 rings (SSSR count). The number of Topliss-reactive ketones (excluding diaryl/α,β-unsaturated/α-hetero) is 1. The molecule has 1 aromatic carbocycles. The number of carboxylic acids is 1. The number of ether oxygens (including phenoxy) is 3. The number of nitrogens with zero attached hydrogens (tertiary/aromatic N) is 3. The molecule has 0 bridgehead atoms. The maximum absolute atomic E-state index is 14.1. The first-order valence-electron chi connectivity index (χ1n) is 21.8. The molecule has 60 heavy (non-hydrogen) atoms. The fraction of sp³-hybridized carbons (Fsp3) is 0.717. The van der Waals surface area contributed by atoms with Crippen LogP contribution in [0.2, 0.25) is 0 Å². The number of hydrogen-bond acceptors (Lipinski definition) is 11. The summed E-state index contributed by atoms with van der Waals surface area (Å²) in [5, 5.41) is 20.4. The van der Waals surface area contributed by atoms with Crippen LogP contribution < -0.4 is 9.47 Å². The number of amides is 2. The van der Waals surface area contributed by atoms with E-state index < -0.39 is 53.2 Å². The number of thioether (sulfide) groups is 1. The van der Waals surface area contributed by atoms with E-state index in [0.29, 0.717) is 56.6 Å². The van der Waals surface area contributed by atoms with Crippen LogP contribution in [0.1, 0.15) is 125 Å². The Balaban J connectivity index is 1.25. The minimum absolute atomic E-state index is 0.0736. The molecular weight excluding hydrogens is 787 g/mol. The number of likely N-dealkylation sites (tertiary alicyclic amines) is 2. The third-order valence-electron chi connectivity index (χ3n) is 13.6. The fourth-order valence-electron chi connectivity index (χ4n) is 9.24. The molecule has 0 saturated carbocycles. The van der Waals surface area contributed by atoms with Crippen molar-refractivity contribution in [2.45, 2.75) is 161 Å². The molecule has 4 heterocycles. The van der Waals surface area contributed by atoms with Gasteiger partial charge >= 0.3 is 11.9 Å². The van der Waals surface area contributed by atoms with Crippen molar-refractivity contribution in [3.8, 4) is 11.5 Å². The van der Waals surface area contributed by atoms with Crippen molar-refractivity contribution in [1.82, 2.24) is 14.7 Å². The van der Waals surface area contributed by atoms with E-state index in [1.807, 2.05) is 25.1 Å². The zero-order valence-corrected chi connectivity index (χ0v) is 38.3. The number of benzene rings is 1. The average Bonchev–Trinajstić information content (AvgIpc) is 3.81. The topological polar surface area (TPSA) is 163 Å². The summed E-state index contributed by atoms with van der Waals surface area (Å²) in [6.45, 7) is 17.9. The number of rotatable bonds is 20. The van der Waals surface area contributed by atoms with Crippen LogP contribution >= 0.6 is 11.8 Å². The number of aryl methyl sites for hydroxylation is 1. The number of hydrogen-bond donors (Lipinski definition) is 2. The smallest absolute Gasteiger partial charge is 0.353 e. The van der Waals surface area contributed by atoms with E-state index in [-0.39, 0.29) is 33.8 Å². The van der Waals surface area contributed by atoms with Crippen LogP contribution in [-0.4, -0.2) is 123 Å². The van der Waals surface area contributed by atoms with Gasteiger partial charge in [0.25, 0.3) is 5.91 Å². The molecule has 2 N–H and O–H groups in total. The Kier molecular flexibility index (Phi) is 15.2. The van der Waals surface area contributed by atoms with Gasteiger partial charge in [-0.1, -0.05) is 40.7 Å². The van der Waals surface area contributed by atoms with Gasteiger partial charge in [0.15, 0.2) is 11.5 Å². The summed E-state index contributed by atoms with van der Waals surface area (Å²) in [6, 6.07) is 4.69. The van der Waals surface area contributed by atoms with Gasteiger partial charge in [0, 0.05) is 40.6 Å². The lowest BCUT2D eigenvalue weighted by molar-refractivity contribution is -0.165. The highest BCUT2D eigenvalue weighted by Gasteiger charge is 2.57. The standard InChI is InChI=1S/C46H69N3O10S/c1-11-45(5,6)39(51)41(53)48-22-13-12-14-32(48)43(56)59-30(17-15-29-16-18-34(57-9)35(24-29)58-10)26-44(3,4)20-21-46(7,8)47-23-19-31(27-47)60-36-25-33-37(28(2)50)40(52)49(33)38(36)42(54)55/h16,18,24,28,30-33,37,50H,11-15,17,19-23,25-27H2,1-10H3,(H,54,55)/t28-,30-,31+,32+,33-,37-/m1/s1. The Bertz CT molecular complexity index is 1810. The van der Waals surface area contributed by atoms with E-state index in [0.717, 1.165) is 55.7 Å². The summed E-state index contributed by atoms with van der Waals surface area (Å²) in [5.74, 6) is -2.27. The summed E-state index contributed by atoms with van der Waals surface area (Å²) in [6.07, 6.45) is 6.03. The number of carbonyl (C=O) groups excluding carboxylic acids is 4. The number of fused-ring (bicyclic) bond motifs is 1. The lowest BCUT2D eigenvalue weighted by atomic mass is 9.78. The van der Waals surface area contributed by atoms with E-state index in [1.54, 1.807) is 46.8 Å². The van der Waals surface area contributed by atoms with Crippen LogP contribution in [0.15, 0.2) is 28.8 Å². The molecule has 0 aliphatic carbocycles. The quantitative estimate of drug-likeness (QED) is 0.0820. The lowest BCUT2D eigenvalue weighted by Gasteiger charge is -2.44. The fourth-order valence-corrected chi connectivity index (χ4v) is 10.7. The van der Waals surface area contributed by atoms with Gasteiger partial charge in [-0.3, -0.25) is 19.3 Å². The van der Waals surface area contributed by atoms with Crippen molar-refractivity contribution >= 4 is 41.3 Å². The molecule has 13 nitrogen and oxygen atoms in total. The number of β-lactam (4-membered cyclic amide) rings is 1. The van der Waals surface area contributed by atoms with Crippen molar-refractivity contribution < 1.29 is 48.4 Å². The van der Waals surface area contributed by atoms with Gasteiger partial charge < -0.3 is 34.2 Å². The average molecular weight is 856 g/mol. The zero-order chi connectivity index (χ0) is 44.3. The Labute approximate surface area is 360 Å². The number of aliphatic hydroxyl groups excluding tert-OH is 1. The monoisotopic (exact) mass is 855 g/mol. The summed E-state index contributed by atoms with van der Waals surface area (Å²) in [5.41, 5.74) is -0.139. The third-order valence-corrected chi connectivity index (χ3v) is 15.0. The lowest BCUT2D eigenvalue weighted by Crippen LogP contribution is -2.61. The van der Waals surface area contributed by atoms with Gasteiger partial charge in [0.1, 0.15) is 17.8 Å². The second-order valence-corrected chi connectivity index (χ2v) is 20.7. The van der Waals surface area contributed by atoms with Crippen molar-refractivity contribution in [2.75, 3.05) is 33.9 Å². The van der Waals surface area contributed by atoms with Gasteiger partial charge in [-0.15, -0.1) is 11.8 Å². The number of carboxylic acid groups (broad SMARTS) is 1. The number of aliphatic hydroxyl groups is 1. The number of methoxy groups -OCH3 is 2. The Morgan fingerprint density at radius 1 is 0.967 bits per heavy atom. The minimum Gasteiger partial charge on any atom is -0.493 e. The molecule has 6 atom stereocenters. The number of ketones is 1. The first kappa shape index (κ1) is 47.4. The van der Waals surface area contributed by atoms with Crippen LogP contribution in [0.25, 0.3) is 0 Å². The van der Waals surface area contributed by atoms with Gasteiger partial charge in [-0.25, -0.2) is 9.59 Å². The molecule has 0 aromatic heterocycles. The van der Waals surface area contributed by atoms with Gasteiger partial charge in [-0.05, 0) is 115 Å². The molecule has 2 amide bonds. The van der Waals surface area contributed by atoms with Crippen molar-refractivity contribution in [3.63, 3.8) is 0 Å². The molecule has 3 saturated heterocycles. The molecule has 14 heteroatoms. The molecule has 4 aliphatic rings. The SMILES string of the molecule is CCC(C)(C)C(=O)C(=O)N1CCCC[C@H]1C(=O)O[C@H](CCc1ccc(OC)c(OC)c1)CC(C)(C)CCC(C)(C)N1CC[C@H](SC2=C(C(=O)O)N3C(=O)[C@H]([C@@H](C)O)[C@H]3C2)C1. The zero-order valence-electron chi connectivity index (χ0n) is 37.5. The first-order chi connectivity index (χ1) is 28.1. The minimum atomic E-state index is -1.10. The van der Waals surface area contributed by atoms with Crippen LogP contribution in [0.4, 0.5) is 0 Å². The van der Waals surface area contributed by atoms with Crippen molar-refractivity contribution in [2.24, 2.45) is 16.7 Å². The number of esters is 1. The second kappa shape index (κ2) is 19.2. The van der Waals surface area contributed by atoms with E-state index in [2.05, 4.69) is 32.6 Å². The summed E-state index contributed by atoms with van der Waals surface area (Å²) in [7, 11) is 3.20. The van der Waals surface area contributed by atoms with E-state index >= 15 is 0 Å². The highest BCUT2D eigenvalue weighted by molar-refractivity contribution is 8.03. The highest BCUT2D eigenvalue weighted by atomic mass is 32.2. The van der Waals surface area contributed by atoms with E-state index in [4.69, 9.17) is 14.2 Å². The molecule has 0 spiro atoms. The Morgan fingerprint density at radius 2 is 1.67 bits per heavy atom. The Hall–Kier alpha value is -3.62. The highest BCUT2D eigenvalue weighted by Crippen LogP contribution is 2.49. The predicted octanol–water partition coefficient (Wildman–Crippen LogP) is 6.62. The van der Waals surface area contributed by atoms with E-state index in [9.17, 15) is 34.2 Å². The first-order valence-corrected chi connectivity index (χ1v) is 22.7. The molecule has 0 unspecified atom stereocenters. The van der Waals surface area contributed by atoms with Crippen LogP contribution in [0.3, 0.4) is 0 Å². The van der Waals surface area contributed by atoms with Gasteiger partial charge in [0.05, 0.1) is 32.3 Å². The van der Waals surface area contributed by atoms with Crippen molar-refractivity contribution in [3.05, 3.63) is 34.4 Å². The largest absolute Gasteiger partial charge is 0.493 e. The third kappa shape index (κ3) is 10.5.